The van der Waals surface area contributed by atoms with Crippen LogP contribution in [0.3, 0.4) is 0 Å². The highest BCUT2D eigenvalue weighted by atomic mass is 32.2. The summed E-state index contributed by atoms with van der Waals surface area (Å²) in [4.78, 5) is 25.5. The summed E-state index contributed by atoms with van der Waals surface area (Å²) < 4.78 is 0. The Bertz CT molecular complexity index is 521. The maximum Gasteiger partial charge on any atom is 0.237 e. The number of carbonyl (C=O) groups is 2. The second kappa shape index (κ2) is 7.47. The Morgan fingerprint density at radius 1 is 1.48 bits per heavy atom. The van der Waals surface area contributed by atoms with Crippen molar-refractivity contribution in [3.8, 4) is 0 Å². The third-order valence-corrected chi connectivity index (χ3v) is 4.17. The monoisotopic (exact) mass is 307 g/mol. The van der Waals surface area contributed by atoms with E-state index in [9.17, 15) is 9.59 Å². The first-order chi connectivity index (χ1) is 10.1. The van der Waals surface area contributed by atoms with Gasteiger partial charge < -0.3 is 16.0 Å². The van der Waals surface area contributed by atoms with E-state index in [0.717, 1.165) is 17.0 Å². The summed E-state index contributed by atoms with van der Waals surface area (Å²) in [6.45, 7) is 0.905. The van der Waals surface area contributed by atoms with Gasteiger partial charge in [0.2, 0.25) is 11.8 Å². The third kappa shape index (κ3) is 3.98. The molecule has 0 spiro atoms. The van der Waals surface area contributed by atoms with Crippen LogP contribution in [0.4, 0.5) is 5.69 Å². The van der Waals surface area contributed by atoms with E-state index in [0.29, 0.717) is 25.9 Å². The van der Waals surface area contributed by atoms with Gasteiger partial charge in [0.05, 0.1) is 12.5 Å². The molecule has 0 aromatic heterocycles. The molecule has 21 heavy (non-hydrogen) atoms. The largest absolute Gasteiger partial charge is 0.353 e. The first-order valence-corrected chi connectivity index (χ1v) is 8.43. The van der Waals surface area contributed by atoms with Gasteiger partial charge in [-0.25, -0.2) is 0 Å². The van der Waals surface area contributed by atoms with Gasteiger partial charge in [-0.3, -0.25) is 9.59 Å². The van der Waals surface area contributed by atoms with E-state index in [1.54, 1.807) is 16.7 Å². The minimum atomic E-state index is -0.473. The second-order valence-corrected chi connectivity index (χ2v) is 6.02. The molecule has 0 fully saturated rings. The molecule has 0 unspecified atom stereocenters. The number of nitrogens with two attached hydrogens (primary N) is 1. The van der Waals surface area contributed by atoms with E-state index < -0.39 is 6.04 Å². The number of amides is 2. The standard InChI is InChI=1S/C15H21N3O2S/c1-21-9-6-12(16)15(20)17-7-8-18-13-5-3-2-4-11(13)10-14(18)19/h2-5,12H,6-10,16H2,1H3,(H,17,20)/t12-/m0/s1. The van der Waals surface area contributed by atoms with Crippen LogP contribution in [0.15, 0.2) is 24.3 Å². The van der Waals surface area contributed by atoms with Gasteiger partial charge in [0, 0.05) is 18.8 Å². The zero-order valence-corrected chi connectivity index (χ0v) is 13.0. The molecule has 5 nitrogen and oxygen atoms in total. The molecule has 1 aliphatic rings. The number of rotatable bonds is 7. The summed E-state index contributed by atoms with van der Waals surface area (Å²) in [5, 5.41) is 2.80. The van der Waals surface area contributed by atoms with Gasteiger partial charge in [0.15, 0.2) is 0 Å². The van der Waals surface area contributed by atoms with Crippen LogP contribution in [0.25, 0.3) is 0 Å². The minimum absolute atomic E-state index is 0.0807. The summed E-state index contributed by atoms with van der Waals surface area (Å²) >= 11 is 1.67. The molecule has 2 rings (SSSR count). The van der Waals surface area contributed by atoms with Gasteiger partial charge in [-0.05, 0) is 30.1 Å². The molecule has 0 saturated heterocycles. The molecule has 0 bridgehead atoms. The molecule has 1 atom stereocenters. The van der Waals surface area contributed by atoms with Crippen molar-refractivity contribution in [1.29, 1.82) is 0 Å². The van der Waals surface area contributed by atoms with Crippen LogP contribution in [0.5, 0.6) is 0 Å². The number of hydrogen-bond acceptors (Lipinski definition) is 4. The third-order valence-electron chi connectivity index (χ3n) is 3.53. The van der Waals surface area contributed by atoms with Gasteiger partial charge in [-0.2, -0.15) is 11.8 Å². The molecule has 1 aliphatic heterocycles. The average molecular weight is 307 g/mol. The number of para-hydroxylation sites is 1. The van der Waals surface area contributed by atoms with E-state index in [4.69, 9.17) is 5.73 Å². The van der Waals surface area contributed by atoms with Crippen LogP contribution in [-0.2, 0) is 16.0 Å². The molecule has 0 radical (unpaired) electrons. The van der Waals surface area contributed by atoms with Crippen LogP contribution < -0.4 is 16.0 Å². The lowest BCUT2D eigenvalue weighted by atomic mass is 10.2. The summed E-state index contributed by atoms with van der Waals surface area (Å²) in [7, 11) is 0. The minimum Gasteiger partial charge on any atom is -0.353 e. The Hall–Kier alpha value is -1.53. The Morgan fingerprint density at radius 2 is 2.24 bits per heavy atom. The smallest absolute Gasteiger partial charge is 0.237 e. The predicted octanol–water partition coefficient (Wildman–Crippen LogP) is 0.772. The van der Waals surface area contributed by atoms with E-state index in [1.165, 1.54) is 0 Å². The van der Waals surface area contributed by atoms with E-state index in [-0.39, 0.29) is 11.8 Å². The molecule has 6 heteroatoms. The van der Waals surface area contributed by atoms with Crippen molar-refractivity contribution >= 4 is 29.3 Å². The van der Waals surface area contributed by atoms with Crippen LogP contribution >= 0.6 is 11.8 Å². The fourth-order valence-corrected chi connectivity index (χ4v) is 2.85. The topological polar surface area (TPSA) is 75.4 Å². The number of fused-ring (bicyclic) bond motifs is 1. The average Bonchev–Trinajstić information content (AvgIpc) is 2.80. The first kappa shape index (κ1) is 15.9. The molecular formula is C15H21N3O2S. The summed E-state index contributed by atoms with van der Waals surface area (Å²) in [6, 6.07) is 7.28. The molecule has 0 saturated carbocycles. The van der Waals surface area contributed by atoms with Gasteiger partial charge in [-0.1, -0.05) is 18.2 Å². The number of anilines is 1. The van der Waals surface area contributed by atoms with E-state index in [2.05, 4.69) is 5.32 Å². The van der Waals surface area contributed by atoms with E-state index >= 15 is 0 Å². The number of benzene rings is 1. The van der Waals surface area contributed by atoms with Gasteiger partial charge in [0.25, 0.3) is 0 Å². The highest BCUT2D eigenvalue weighted by Gasteiger charge is 2.26. The van der Waals surface area contributed by atoms with Crippen molar-refractivity contribution in [3.05, 3.63) is 29.8 Å². The van der Waals surface area contributed by atoms with Crippen molar-refractivity contribution in [2.75, 3.05) is 30.0 Å². The maximum absolute atomic E-state index is 12.0. The van der Waals surface area contributed by atoms with Crippen molar-refractivity contribution in [2.24, 2.45) is 5.73 Å². The molecule has 3 N–H and O–H groups in total. The second-order valence-electron chi connectivity index (χ2n) is 5.03. The number of carbonyl (C=O) groups excluding carboxylic acids is 2. The highest BCUT2D eigenvalue weighted by molar-refractivity contribution is 7.98. The summed E-state index contributed by atoms with van der Waals surface area (Å²) in [5.41, 5.74) is 7.79. The Labute approximate surface area is 129 Å². The van der Waals surface area contributed by atoms with Gasteiger partial charge in [0.1, 0.15) is 0 Å². The van der Waals surface area contributed by atoms with Crippen LogP contribution in [-0.4, -0.2) is 43.0 Å². The SMILES string of the molecule is CSCC[C@H](N)C(=O)NCCN1C(=O)Cc2ccccc21. The van der Waals surface area contributed by atoms with Crippen molar-refractivity contribution in [1.82, 2.24) is 5.32 Å². The zero-order valence-electron chi connectivity index (χ0n) is 12.2. The lowest BCUT2D eigenvalue weighted by molar-refractivity contribution is -0.122. The number of nitrogens with one attached hydrogen (secondary N) is 1. The van der Waals surface area contributed by atoms with Crippen molar-refractivity contribution in [2.45, 2.75) is 18.9 Å². The van der Waals surface area contributed by atoms with Crippen molar-refractivity contribution in [3.63, 3.8) is 0 Å². The molecule has 1 aromatic carbocycles. The quantitative estimate of drug-likeness (QED) is 0.780. The van der Waals surface area contributed by atoms with Crippen LogP contribution in [0, 0.1) is 0 Å². The zero-order chi connectivity index (χ0) is 15.2. The molecule has 0 aliphatic carbocycles. The van der Waals surface area contributed by atoms with Crippen molar-refractivity contribution < 1.29 is 9.59 Å². The normalized spacial score (nSPS) is 15.0. The summed E-state index contributed by atoms with van der Waals surface area (Å²) in [5.74, 6) is 0.799. The Morgan fingerprint density at radius 3 is 3.00 bits per heavy atom. The van der Waals surface area contributed by atoms with Crippen LogP contribution in [0.1, 0.15) is 12.0 Å². The number of nitrogens with zero attached hydrogens (tertiary/aromatic N) is 1. The number of thioether (sulfide) groups is 1. The first-order valence-electron chi connectivity index (χ1n) is 7.04. The molecular weight excluding hydrogens is 286 g/mol. The predicted molar refractivity (Wildman–Crippen MR) is 86.5 cm³/mol. The molecule has 114 valence electrons. The van der Waals surface area contributed by atoms with Gasteiger partial charge in [-0.15, -0.1) is 0 Å². The molecule has 2 amide bonds. The lowest BCUT2D eigenvalue weighted by Crippen LogP contribution is -2.44. The Kier molecular flexibility index (Phi) is 5.64. The number of hydrogen-bond donors (Lipinski definition) is 2. The highest BCUT2D eigenvalue weighted by Crippen LogP contribution is 2.27. The Balaban J connectivity index is 1.81. The summed E-state index contributed by atoms with van der Waals surface area (Å²) in [6.07, 6.45) is 3.09. The van der Waals surface area contributed by atoms with E-state index in [1.807, 2.05) is 30.5 Å². The van der Waals surface area contributed by atoms with Crippen LogP contribution in [0.2, 0.25) is 0 Å². The van der Waals surface area contributed by atoms with Gasteiger partial charge >= 0.3 is 0 Å². The lowest BCUT2D eigenvalue weighted by Gasteiger charge is -2.18. The molecule has 1 heterocycles. The maximum atomic E-state index is 12.0. The fourth-order valence-electron chi connectivity index (χ4n) is 2.36. The molecule has 1 aromatic rings. The fraction of sp³-hybridized carbons (Fsp3) is 0.467.